The molecular weight excluding hydrogens is 419 g/mol. The van der Waals surface area contributed by atoms with Gasteiger partial charge in [-0.1, -0.05) is 41.5 Å². The molecule has 0 bridgehead atoms. The second-order valence-electron chi connectivity index (χ2n) is 6.04. The van der Waals surface area contributed by atoms with Crippen molar-refractivity contribution in [1.29, 1.82) is 0 Å². The zero-order valence-corrected chi connectivity index (χ0v) is 16.9. The number of hydrogen-bond acceptors (Lipinski definition) is 6. The number of nitrogens with zero attached hydrogens (tertiary/aromatic N) is 3. The Labute approximate surface area is 165 Å². The molecule has 2 aromatic rings. The highest BCUT2D eigenvalue weighted by molar-refractivity contribution is 7.91. The smallest absolute Gasteiger partial charge is 0.272 e. The Morgan fingerprint density at radius 3 is 2.62 bits per heavy atom. The van der Waals surface area contributed by atoms with Crippen LogP contribution >= 0.6 is 34.5 Å². The number of nitrogens with one attached hydrogen (secondary N) is 1. The Bertz CT molecular complexity index is 925. The molecule has 140 valence electrons. The predicted octanol–water partition coefficient (Wildman–Crippen LogP) is 3.52. The number of piperidine rings is 1. The third-order valence-corrected chi connectivity index (χ3v) is 7.74. The summed E-state index contributed by atoms with van der Waals surface area (Å²) in [5.74, 6) is -0.00611. The van der Waals surface area contributed by atoms with Gasteiger partial charge in [-0.25, -0.2) is 8.42 Å². The van der Waals surface area contributed by atoms with Crippen molar-refractivity contribution < 1.29 is 13.2 Å². The Morgan fingerprint density at radius 1 is 1.27 bits per heavy atom. The second kappa shape index (κ2) is 7.77. The average molecular weight is 435 g/mol. The van der Waals surface area contributed by atoms with E-state index >= 15 is 0 Å². The maximum Gasteiger partial charge on any atom is 0.272 e. The SMILES string of the molecule is CC1CCN(S(=O)(=O)c2nnc(NC(=O)c3ccc(Cl)cc3Cl)s2)CC1. The first-order valence-electron chi connectivity index (χ1n) is 7.87. The molecule has 0 aliphatic carbocycles. The van der Waals surface area contributed by atoms with Crippen molar-refractivity contribution in [1.82, 2.24) is 14.5 Å². The fourth-order valence-corrected chi connectivity index (χ4v) is 5.54. The van der Waals surface area contributed by atoms with Crippen LogP contribution in [0.25, 0.3) is 0 Å². The summed E-state index contributed by atoms with van der Waals surface area (Å²) >= 11 is 12.6. The Balaban J connectivity index is 1.74. The third kappa shape index (κ3) is 4.17. The van der Waals surface area contributed by atoms with E-state index in [-0.39, 0.29) is 20.1 Å². The van der Waals surface area contributed by atoms with E-state index in [1.54, 1.807) is 0 Å². The minimum atomic E-state index is -3.70. The molecule has 0 unspecified atom stereocenters. The number of halogens is 2. The van der Waals surface area contributed by atoms with Gasteiger partial charge in [0.05, 0.1) is 10.6 Å². The van der Waals surface area contributed by atoms with Gasteiger partial charge in [-0.15, -0.1) is 10.2 Å². The van der Waals surface area contributed by atoms with Gasteiger partial charge >= 0.3 is 0 Å². The zero-order chi connectivity index (χ0) is 18.9. The Morgan fingerprint density at radius 2 is 1.96 bits per heavy atom. The van der Waals surface area contributed by atoms with Gasteiger partial charge in [-0.3, -0.25) is 10.1 Å². The van der Waals surface area contributed by atoms with Gasteiger partial charge in [0.25, 0.3) is 15.9 Å². The van der Waals surface area contributed by atoms with E-state index in [0.29, 0.717) is 24.0 Å². The van der Waals surface area contributed by atoms with Crippen LogP contribution in [-0.4, -0.2) is 41.9 Å². The third-order valence-electron chi connectivity index (χ3n) is 4.11. The highest BCUT2D eigenvalue weighted by Crippen LogP contribution is 2.28. The monoisotopic (exact) mass is 434 g/mol. The molecule has 2 heterocycles. The van der Waals surface area contributed by atoms with Crippen LogP contribution < -0.4 is 5.32 Å². The molecule has 1 N–H and O–H groups in total. The normalized spacial score (nSPS) is 16.6. The number of rotatable bonds is 4. The zero-order valence-electron chi connectivity index (χ0n) is 13.8. The molecular formula is C15H16Cl2N4O3S2. The summed E-state index contributed by atoms with van der Waals surface area (Å²) in [6.07, 6.45) is 1.63. The summed E-state index contributed by atoms with van der Waals surface area (Å²) in [5.41, 5.74) is 0.209. The first-order chi connectivity index (χ1) is 12.3. The van der Waals surface area contributed by atoms with Gasteiger partial charge in [-0.2, -0.15) is 4.31 Å². The minimum Gasteiger partial charge on any atom is -0.296 e. The molecule has 0 atom stereocenters. The van der Waals surface area contributed by atoms with E-state index in [1.165, 1.54) is 22.5 Å². The summed E-state index contributed by atoms with van der Waals surface area (Å²) in [4.78, 5) is 12.3. The fraction of sp³-hybridized carbons (Fsp3) is 0.400. The van der Waals surface area contributed by atoms with E-state index in [0.717, 1.165) is 24.2 Å². The molecule has 1 aromatic heterocycles. The van der Waals surface area contributed by atoms with Gasteiger partial charge in [0.15, 0.2) is 0 Å². The first-order valence-corrected chi connectivity index (χ1v) is 10.9. The Kier molecular flexibility index (Phi) is 5.83. The maximum atomic E-state index is 12.6. The van der Waals surface area contributed by atoms with E-state index in [2.05, 4.69) is 22.4 Å². The lowest BCUT2D eigenvalue weighted by molar-refractivity contribution is 0.102. The van der Waals surface area contributed by atoms with Crippen molar-refractivity contribution in [3.05, 3.63) is 33.8 Å². The second-order valence-corrected chi connectivity index (χ2v) is 9.97. The van der Waals surface area contributed by atoms with Crippen molar-refractivity contribution in [2.45, 2.75) is 24.1 Å². The summed E-state index contributed by atoms with van der Waals surface area (Å²) < 4.78 is 26.6. The summed E-state index contributed by atoms with van der Waals surface area (Å²) in [7, 11) is -3.70. The maximum absolute atomic E-state index is 12.6. The van der Waals surface area contributed by atoms with Crippen molar-refractivity contribution in [2.24, 2.45) is 5.92 Å². The van der Waals surface area contributed by atoms with Crippen molar-refractivity contribution in [2.75, 3.05) is 18.4 Å². The molecule has 1 aliphatic rings. The molecule has 1 aromatic carbocycles. The van der Waals surface area contributed by atoms with Crippen LogP contribution in [0.4, 0.5) is 5.13 Å². The molecule has 11 heteroatoms. The molecule has 1 fully saturated rings. The lowest BCUT2D eigenvalue weighted by Crippen LogP contribution is -2.37. The number of amides is 1. The van der Waals surface area contributed by atoms with Crippen molar-refractivity contribution in [3.8, 4) is 0 Å². The lowest BCUT2D eigenvalue weighted by atomic mass is 10.0. The highest BCUT2D eigenvalue weighted by Gasteiger charge is 2.31. The minimum absolute atomic E-state index is 0.0879. The highest BCUT2D eigenvalue weighted by atomic mass is 35.5. The van der Waals surface area contributed by atoms with Gasteiger partial charge in [-0.05, 0) is 37.0 Å². The Hall–Kier alpha value is -1.26. The predicted molar refractivity (Wildman–Crippen MR) is 101 cm³/mol. The average Bonchev–Trinajstić information content (AvgIpc) is 3.04. The number of hydrogen-bond donors (Lipinski definition) is 1. The molecule has 3 rings (SSSR count). The van der Waals surface area contributed by atoms with Crippen LogP contribution in [0.5, 0.6) is 0 Å². The van der Waals surface area contributed by atoms with E-state index in [4.69, 9.17) is 23.2 Å². The largest absolute Gasteiger partial charge is 0.296 e. The molecule has 26 heavy (non-hydrogen) atoms. The van der Waals surface area contributed by atoms with Crippen LogP contribution in [0.3, 0.4) is 0 Å². The van der Waals surface area contributed by atoms with E-state index < -0.39 is 15.9 Å². The number of carbonyl (C=O) groups is 1. The van der Waals surface area contributed by atoms with Crippen LogP contribution in [0.15, 0.2) is 22.5 Å². The number of sulfonamides is 1. The number of carbonyl (C=O) groups excluding carboxylic acids is 1. The molecule has 0 spiro atoms. The molecule has 0 radical (unpaired) electrons. The summed E-state index contributed by atoms with van der Waals surface area (Å²) in [6, 6.07) is 4.47. The van der Waals surface area contributed by atoms with Crippen LogP contribution in [0.1, 0.15) is 30.1 Å². The number of anilines is 1. The molecule has 1 amide bonds. The molecule has 1 aliphatic heterocycles. The van der Waals surface area contributed by atoms with E-state index in [1.807, 2.05) is 0 Å². The van der Waals surface area contributed by atoms with Crippen LogP contribution in [0, 0.1) is 5.92 Å². The van der Waals surface area contributed by atoms with E-state index in [9.17, 15) is 13.2 Å². The van der Waals surface area contributed by atoms with Crippen LogP contribution in [-0.2, 0) is 10.0 Å². The fourth-order valence-electron chi connectivity index (χ4n) is 2.54. The topological polar surface area (TPSA) is 92.3 Å². The quantitative estimate of drug-likeness (QED) is 0.742. The summed E-state index contributed by atoms with van der Waals surface area (Å²) in [5, 5.41) is 10.7. The van der Waals surface area contributed by atoms with Gasteiger partial charge < -0.3 is 0 Å². The van der Waals surface area contributed by atoms with Crippen molar-refractivity contribution in [3.63, 3.8) is 0 Å². The number of aromatic nitrogens is 2. The van der Waals surface area contributed by atoms with Crippen molar-refractivity contribution >= 4 is 55.6 Å². The standard InChI is InChI=1S/C15H16Cl2N4O3S2/c1-9-4-6-21(7-5-9)26(23,24)15-20-19-14(25-15)18-13(22)11-3-2-10(16)8-12(11)17/h2-3,8-9H,4-7H2,1H3,(H,18,19,22). The first kappa shape index (κ1) is 19.5. The molecule has 0 saturated carbocycles. The number of benzene rings is 1. The van der Waals surface area contributed by atoms with Crippen LogP contribution in [0.2, 0.25) is 10.0 Å². The lowest BCUT2D eigenvalue weighted by Gasteiger charge is -2.28. The summed E-state index contributed by atoms with van der Waals surface area (Å²) in [6.45, 7) is 3.03. The molecule has 7 nitrogen and oxygen atoms in total. The molecule has 1 saturated heterocycles. The van der Waals surface area contributed by atoms with Gasteiger partial charge in [0.1, 0.15) is 0 Å². The van der Waals surface area contributed by atoms with Gasteiger partial charge in [0, 0.05) is 18.1 Å². The van der Waals surface area contributed by atoms with Gasteiger partial charge in [0.2, 0.25) is 9.47 Å².